The van der Waals surface area contributed by atoms with E-state index in [4.69, 9.17) is 5.11 Å². The minimum absolute atomic E-state index is 0.104. The van der Waals surface area contributed by atoms with E-state index in [1.165, 1.54) is 6.20 Å². The Morgan fingerprint density at radius 1 is 1.89 bits per heavy atom. The minimum Gasteiger partial charge on any atom is -0.493 e. The topological polar surface area (TPSA) is 48.9 Å². The van der Waals surface area contributed by atoms with Gasteiger partial charge in [0.1, 0.15) is 5.82 Å². The summed E-state index contributed by atoms with van der Waals surface area (Å²) < 4.78 is 0. The highest BCUT2D eigenvalue weighted by atomic mass is 16.3. The normalized spacial score (nSPS) is 9.33. The molecule has 2 N–H and O–H groups in total. The van der Waals surface area contributed by atoms with Crippen molar-refractivity contribution in [1.82, 2.24) is 9.97 Å². The van der Waals surface area contributed by atoms with Gasteiger partial charge in [0.05, 0.1) is 6.20 Å². The van der Waals surface area contributed by atoms with Crippen molar-refractivity contribution in [1.29, 1.82) is 0 Å². The molecule has 0 amide bonds. The van der Waals surface area contributed by atoms with E-state index in [2.05, 4.69) is 16.5 Å². The number of nitrogens with zero attached hydrogens (tertiary/aromatic N) is 1. The molecule has 0 saturated carbocycles. The van der Waals surface area contributed by atoms with Crippen LogP contribution in [0.5, 0.6) is 5.88 Å². The number of allylic oxidation sites excluding steroid dienone is 1. The number of aromatic hydroxyl groups is 1. The molecular formula is C6H8N2O. The van der Waals surface area contributed by atoms with E-state index >= 15 is 0 Å². The molecule has 0 aliphatic carbocycles. The van der Waals surface area contributed by atoms with Crippen LogP contribution in [0.2, 0.25) is 0 Å². The molecule has 0 bridgehead atoms. The molecule has 0 spiro atoms. The van der Waals surface area contributed by atoms with Crippen LogP contribution in [-0.4, -0.2) is 15.1 Å². The van der Waals surface area contributed by atoms with Gasteiger partial charge in [-0.3, -0.25) is 0 Å². The third-order valence-electron chi connectivity index (χ3n) is 0.953. The summed E-state index contributed by atoms with van der Waals surface area (Å²) in [6.45, 7) is 3.52. The SMILES string of the molecule is C=CCc1ncc(O)[nH]1. The van der Waals surface area contributed by atoms with Crippen LogP contribution in [0, 0.1) is 0 Å². The molecule has 0 aromatic carbocycles. The van der Waals surface area contributed by atoms with Gasteiger partial charge in [0.2, 0.25) is 5.88 Å². The number of imidazole rings is 1. The Labute approximate surface area is 53.1 Å². The Hall–Kier alpha value is -1.25. The number of rotatable bonds is 2. The first-order valence-corrected chi connectivity index (χ1v) is 2.66. The lowest BCUT2D eigenvalue weighted by Gasteiger charge is -1.83. The quantitative estimate of drug-likeness (QED) is 0.574. The second-order valence-electron chi connectivity index (χ2n) is 1.71. The van der Waals surface area contributed by atoms with Gasteiger partial charge in [0, 0.05) is 6.42 Å². The van der Waals surface area contributed by atoms with Gasteiger partial charge in [-0.05, 0) is 0 Å². The molecule has 1 rings (SSSR count). The van der Waals surface area contributed by atoms with Crippen LogP contribution >= 0.6 is 0 Å². The number of aromatic amines is 1. The summed E-state index contributed by atoms with van der Waals surface area (Å²) in [5, 5.41) is 8.73. The first-order valence-electron chi connectivity index (χ1n) is 2.66. The van der Waals surface area contributed by atoms with Crippen LogP contribution in [0.3, 0.4) is 0 Å². The van der Waals surface area contributed by atoms with Crippen molar-refractivity contribution in [3.8, 4) is 5.88 Å². The maximum absolute atomic E-state index is 8.73. The number of aromatic nitrogens is 2. The summed E-state index contributed by atoms with van der Waals surface area (Å²) in [6, 6.07) is 0. The average Bonchev–Trinajstić information content (AvgIpc) is 2.17. The Morgan fingerprint density at radius 2 is 2.67 bits per heavy atom. The van der Waals surface area contributed by atoms with Crippen LogP contribution < -0.4 is 0 Å². The first kappa shape index (κ1) is 5.88. The van der Waals surface area contributed by atoms with Crippen molar-refractivity contribution in [2.24, 2.45) is 0 Å². The Bertz CT molecular complexity index is 205. The van der Waals surface area contributed by atoms with Crippen molar-refractivity contribution in [2.45, 2.75) is 6.42 Å². The molecular weight excluding hydrogens is 116 g/mol. The van der Waals surface area contributed by atoms with E-state index in [-0.39, 0.29) is 5.88 Å². The van der Waals surface area contributed by atoms with Gasteiger partial charge in [0.25, 0.3) is 0 Å². The highest BCUT2D eigenvalue weighted by Gasteiger charge is 1.92. The molecule has 3 nitrogen and oxygen atoms in total. The molecule has 0 saturated heterocycles. The Morgan fingerprint density at radius 3 is 3.11 bits per heavy atom. The van der Waals surface area contributed by atoms with Gasteiger partial charge in [-0.15, -0.1) is 6.58 Å². The summed E-state index contributed by atoms with van der Waals surface area (Å²) in [7, 11) is 0. The molecule has 1 heterocycles. The zero-order valence-electron chi connectivity index (χ0n) is 4.96. The standard InChI is InChI=1S/C6H8N2O/c1-2-3-5-7-4-6(9)8-5/h2,4,9H,1,3H2,(H,7,8). The maximum atomic E-state index is 8.73. The number of hydrogen-bond donors (Lipinski definition) is 2. The van der Waals surface area contributed by atoms with Crippen molar-refractivity contribution in [3.05, 3.63) is 24.7 Å². The molecule has 48 valence electrons. The van der Waals surface area contributed by atoms with Crippen LogP contribution in [0.4, 0.5) is 0 Å². The molecule has 0 aliphatic rings. The predicted molar refractivity (Wildman–Crippen MR) is 34.2 cm³/mol. The summed E-state index contributed by atoms with van der Waals surface area (Å²) in [5.41, 5.74) is 0. The smallest absolute Gasteiger partial charge is 0.208 e. The third-order valence-corrected chi connectivity index (χ3v) is 0.953. The van der Waals surface area contributed by atoms with E-state index in [9.17, 15) is 0 Å². The maximum Gasteiger partial charge on any atom is 0.208 e. The highest BCUT2D eigenvalue weighted by molar-refractivity contribution is 5.06. The minimum atomic E-state index is 0.104. The van der Waals surface area contributed by atoms with Gasteiger partial charge < -0.3 is 10.1 Å². The van der Waals surface area contributed by atoms with Crippen molar-refractivity contribution >= 4 is 0 Å². The van der Waals surface area contributed by atoms with E-state index in [1.807, 2.05) is 0 Å². The lowest BCUT2D eigenvalue weighted by molar-refractivity contribution is 0.455. The van der Waals surface area contributed by atoms with Crippen molar-refractivity contribution < 1.29 is 5.11 Å². The van der Waals surface area contributed by atoms with Crippen molar-refractivity contribution in [3.63, 3.8) is 0 Å². The lowest BCUT2D eigenvalue weighted by atomic mass is 10.4. The van der Waals surface area contributed by atoms with Crippen LogP contribution in [0.1, 0.15) is 5.82 Å². The zero-order chi connectivity index (χ0) is 6.69. The van der Waals surface area contributed by atoms with Crippen LogP contribution in [0.25, 0.3) is 0 Å². The van der Waals surface area contributed by atoms with Gasteiger partial charge in [-0.25, -0.2) is 4.98 Å². The van der Waals surface area contributed by atoms with Crippen LogP contribution in [-0.2, 0) is 6.42 Å². The molecule has 9 heavy (non-hydrogen) atoms. The lowest BCUT2D eigenvalue weighted by Crippen LogP contribution is -1.81. The number of H-pyrrole nitrogens is 1. The van der Waals surface area contributed by atoms with Gasteiger partial charge in [-0.1, -0.05) is 6.08 Å². The molecule has 0 aliphatic heterocycles. The Kier molecular flexibility index (Phi) is 1.53. The van der Waals surface area contributed by atoms with Crippen LogP contribution in [0.15, 0.2) is 18.9 Å². The summed E-state index contributed by atoms with van der Waals surface area (Å²) in [6.07, 6.45) is 3.76. The fourth-order valence-electron chi connectivity index (χ4n) is 0.592. The van der Waals surface area contributed by atoms with Crippen molar-refractivity contribution in [2.75, 3.05) is 0 Å². The molecule has 1 aromatic rings. The highest BCUT2D eigenvalue weighted by Crippen LogP contribution is 2.02. The zero-order valence-corrected chi connectivity index (χ0v) is 4.96. The molecule has 0 atom stereocenters. The average molecular weight is 124 g/mol. The van der Waals surface area contributed by atoms with Gasteiger partial charge in [0.15, 0.2) is 0 Å². The molecule has 0 unspecified atom stereocenters. The molecule has 0 radical (unpaired) electrons. The summed E-state index contributed by atoms with van der Waals surface area (Å²) in [5.74, 6) is 0.842. The second-order valence-corrected chi connectivity index (χ2v) is 1.71. The summed E-state index contributed by atoms with van der Waals surface area (Å²) >= 11 is 0. The van der Waals surface area contributed by atoms with Gasteiger partial charge >= 0.3 is 0 Å². The number of hydrogen-bond acceptors (Lipinski definition) is 2. The largest absolute Gasteiger partial charge is 0.493 e. The van der Waals surface area contributed by atoms with E-state index in [1.54, 1.807) is 6.08 Å². The van der Waals surface area contributed by atoms with E-state index in [0.717, 1.165) is 5.82 Å². The van der Waals surface area contributed by atoms with E-state index < -0.39 is 0 Å². The second kappa shape index (κ2) is 2.35. The predicted octanol–water partition coefficient (Wildman–Crippen LogP) is 0.844. The van der Waals surface area contributed by atoms with Gasteiger partial charge in [-0.2, -0.15) is 0 Å². The monoisotopic (exact) mass is 124 g/mol. The molecule has 3 heteroatoms. The summed E-state index contributed by atoms with van der Waals surface area (Å²) in [4.78, 5) is 6.48. The third kappa shape index (κ3) is 1.32. The first-order chi connectivity index (χ1) is 4.33. The van der Waals surface area contributed by atoms with E-state index in [0.29, 0.717) is 6.42 Å². The fourth-order valence-corrected chi connectivity index (χ4v) is 0.592. The molecule has 0 fully saturated rings. The molecule has 1 aromatic heterocycles. The number of nitrogens with one attached hydrogen (secondary N) is 1. The Balaban J connectivity index is 2.72. The fraction of sp³-hybridized carbons (Fsp3) is 0.167.